The van der Waals surface area contributed by atoms with Gasteiger partial charge in [-0.3, -0.25) is 14.4 Å². The largest absolute Gasteiger partial charge is 0.391 e. The highest BCUT2D eigenvalue weighted by atomic mass is 16.3. The van der Waals surface area contributed by atoms with E-state index in [-0.39, 0.29) is 36.5 Å². The first-order valence-corrected chi connectivity index (χ1v) is 9.25. The summed E-state index contributed by atoms with van der Waals surface area (Å²) >= 11 is 0. The average molecular weight is 373 g/mol. The minimum absolute atomic E-state index is 0.00650. The molecule has 7 N–H and O–H groups in total. The zero-order valence-electron chi connectivity index (χ0n) is 16.6. The summed E-state index contributed by atoms with van der Waals surface area (Å²) in [7, 11) is 0. The molecule has 0 saturated heterocycles. The van der Waals surface area contributed by atoms with Gasteiger partial charge in [-0.1, -0.05) is 27.7 Å². The Labute approximate surface area is 156 Å². The molecular formula is C18H36N4O4. The van der Waals surface area contributed by atoms with Crippen LogP contribution in [0, 0.1) is 17.8 Å². The molecule has 0 rings (SSSR count). The van der Waals surface area contributed by atoms with Gasteiger partial charge in [-0.25, -0.2) is 0 Å². The third kappa shape index (κ3) is 8.73. The van der Waals surface area contributed by atoms with Crippen LogP contribution in [-0.4, -0.2) is 54.0 Å². The number of hydrogen-bond donors (Lipinski definition) is 5. The number of aliphatic hydroxyl groups excluding tert-OH is 1. The van der Waals surface area contributed by atoms with Crippen LogP contribution in [0.1, 0.15) is 47.5 Å². The normalized spacial score (nSPS) is 16.1. The van der Waals surface area contributed by atoms with Crippen molar-refractivity contribution in [2.24, 2.45) is 29.2 Å². The molecule has 0 aliphatic carbocycles. The van der Waals surface area contributed by atoms with Crippen LogP contribution in [0.4, 0.5) is 0 Å². The molecule has 0 fully saturated rings. The maximum atomic E-state index is 12.4. The Balaban J connectivity index is 4.93. The van der Waals surface area contributed by atoms with Crippen LogP contribution in [0.2, 0.25) is 0 Å². The molecule has 0 radical (unpaired) electrons. The molecule has 8 nitrogen and oxygen atoms in total. The van der Waals surface area contributed by atoms with Crippen LogP contribution in [-0.2, 0) is 14.4 Å². The first kappa shape index (κ1) is 24.5. The Morgan fingerprint density at radius 1 is 0.962 bits per heavy atom. The predicted molar refractivity (Wildman–Crippen MR) is 101 cm³/mol. The van der Waals surface area contributed by atoms with Crippen LogP contribution in [0.5, 0.6) is 0 Å². The number of amides is 2. The van der Waals surface area contributed by atoms with Gasteiger partial charge in [-0.15, -0.1) is 0 Å². The molecule has 0 aromatic rings. The average Bonchev–Trinajstić information content (AvgIpc) is 2.55. The van der Waals surface area contributed by atoms with Gasteiger partial charge in [-0.2, -0.15) is 0 Å². The number of rotatable bonds is 12. The second-order valence-corrected chi connectivity index (χ2v) is 7.58. The standard InChI is InChI=1S/C18H36N4O4/c1-10(2)6-13(8-19)7-15(24)22-16(12(5)23)18(26)21-14(9-20)17(25)11(3)4/h10-14,16,23H,6-9,19-20H2,1-5H3,(H,21,26)(H,22,24)/t12-,13-,14-,16-/m0/s1. The maximum absolute atomic E-state index is 12.4. The molecule has 0 aliphatic rings. The van der Waals surface area contributed by atoms with Gasteiger partial charge in [0.2, 0.25) is 11.8 Å². The zero-order valence-corrected chi connectivity index (χ0v) is 16.6. The smallest absolute Gasteiger partial charge is 0.245 e. The Bertz CT molecular complexity index is 466. The molecule has 152 valence electrons. The van der Waals surface area contributed by atoms with Gasteiger partial charge < -0.3 is 27.2 Å². The van der Waals surface area contributed by atoms with Crippen molar-refractivity contribution in [2.75, 3.05) is 13.1 Å². The summed E-state index contributed by atoms with van der Waals surface area (Å²) in [5.41, 5.74) is 11.3. The Kier molecular flexibility index (Phi) is 11.3. The summed E-state index contributed by atoms with van der Waals surface area (Å²) in [4.78, 5) is 36.7. The number of nitrogens with two attached hydrogens (primary N) is 2. The molecule has 0 aromatic carbocycles. The van der Waals surface area contributed by atoms with Crippen LogP contribution in [0.3, 0.4) is 0 Å². The van der Waals surface area contributed by atoms with Crippen LogP contribution in [0.25, 0.3) is 0 Å². The lowest BCUT2D eigenvalue weighted by Crippen LogP contribution is -2.57. The molecule has 0 spiro atoms. The SMILES string of the molecule is CC(C)C[C@H](CN)CC(=O)N[C@H](C(=O)N[C@@H](CN)C(=O)C(C)C)[C@H](C)O. The third-order valence-corrected chi connectivity index (χ3v) is 4.16. The molecule has 0 unspecified atom stereocenters. The van der Waals surface area contributed by atoms with E-state index in [0.29, 0.717) is 12.5 Å². The van der Waals surface area contributed by atoms with E-state index in [2.05, 4.69) is 10.6 Å². The van der Waals surface area contributed by atoms with Crippen LogP contribution >= 0.6 is 0 Å². The molecule has 4 atom stereocenters. The molecule has 0 aliphatic heterocycles. The number of Topliss-reactive ketones (excluding diaryl/α,β-unsaturated/α-hetero) is 1. The Morgan fingerprint density at radius 3 is 1.92 bits per heavy atom. The minimum atomic E-state index is -1.16. The van der Waals surface area contributed by atoms with Crippen LogP contribution in [0.15, 0.2) is 0 Å². The number of carbonyl (C=O) groups excluding carboxylic acids is 3. The number of aliphatic hydroxyl groups is 1. The molecule has 8 heteroatoms. The summed E-state index contributed by atoms with van der Waals surface area (Å²) in [5, 5.41) is 14.9. The van der Waals surface area contributed by atoms with Crippen molar-refractivity contribution in [1.82, 2.24) is 10.6 Å². The van der Waals surface area contributed by atoms with Gasteiger partial charge in [0.05, 0.1) is 12.1 Å². The fraction of sp³-hybridized carbons (Fsp3) is 0.833. The second kappa shape index (κ2) is 12.0. The van der Waals surface area contributed by atoms with Crippen molar-refractivity contribution in [3.63, 3.8) is 0 Å². The van der Waals surface area contributed by atoms with Gasteiger partial charge in [0.25, 0.3) is 0 Å². The molecule has 2 amide bonds. The quantitative estimate of drug-likeness (QED) is 0.313. The third-order valence-electron chi connectivity index (χ3n) is 4.16. The van der Waals surface area contributed by atoms with Crippen LogP contribution < -0.4 is 22.1 Å². The predicted octanol–water partition coefficient (Wildman–Crippen LogP) is -0.468. The highest BCUT2D eigenvalue weighted by molar-refractivity contribution is 5.93. The lowest BCUT2D eigenvalue weighted by Gasteiger charge is -2.25. The molecule has 26 heavy (non-hydrogen) atoms. The number of ketones is 1. The number of hydrogen-bond acceptors (Lipinski definition) is 6. The first-order chi connectivity index (χ1) is 12.0. The number of carbonyl (C=O) groups is 3. The van der Waals surface area contributed by atoms with Crippen molar-refractivity contribution >= 4 is 17.6 Å². The van der Waals surface area contributed by atoms with Gasteiger partial charge in [0.1, 0.15) is 6.04 Å². The molecule has 0 heterocycles. The fourth-order valence-corrected chi connectivity index (χ4v) is 2.74. The Morgan fingerprint density at radius 2 is 1.54 bits per heavy atom. The highest BCUT2D eigenvalue weighted by Gasteiger charge is 2.30. The summed E-state index contributed by atoms with van der Waals surface area (Å²) in [6.07, 6.45) is -0.141. The Hall–Kier alpha value is -1.51. The minimum Gasteiger partial charge on any atom is -0.391 e. The van der Waals surface area contributed by atoms with E-state index in [1.54, 1.807) is 13.8 Å². The van der Waals surface area contributed by atoms with Crippen molar-refractivity contribution < 1.29 is 19.5 Å². The van der Waals surface area contributed by atoms with E-state index in [1.165, 1.54) is 6.92 Å². The summed E-state index contributed by atoms with van der Waals surface area (Å²) in [6.45, 7) is 9.25. The molecule has 0 saturated carbocycles. The van der Waals surface area contributed by atoms with Gasteiger partial charge in [0, 0.05) is 18.9 Å². The van der Waals surface area contributed by atoms with Crippen molar-refractivity contribution in [3.8, 4) is 0 Å². The van der Waals surface area contributed by atoms with Gasteiger partial charge in [0.15, 0.2) is 5.78 Å². The summed E-state index contributed by atoms with van der Waals surface area (Å²) in [5.74, 6) is -1.07. The van der Waals surface area contributed by atoms with Gasteiger partial charge >= 0.3 is 0 Å². The molecule has 0 bridgehead atoms. The van der Waals surface area contributed by atoms with E-state index < -0.39 is 24.1 Å². The number of nitrogens with one attached hydrogen (secondary N) is 2. The van der Waals surface area contributed by atoms with E-state index in [9.17, 15) is 19.5 Å². The maximum Gasteiger partial charge on any atom is 0.245 e. The second-order valence-electron chi connectivity index (χ2n) is 7.58. The van der Waals surface area contributed by atoms with E-state index in [1.807, 2.05) is 13.8 Å². The monoisotopic (exact) mass is 372 g/mol. The summed E-state index contributed by atoms with van der Waals surface area (Å²) in [6, 6.07) is -2.01. The van der Waals surface area contributed by atoms with E-state index >= 15 is 0 Å². The van der Waals surface area contributed by atoms with Crippen molar-refractivity contribution in [1.29, 1.82) is 0 Å². The molecular weight excluding hydrogens is 336 g/mol. The van der Waals surface area contributed by atoms with E-state index in [0.717, 1.165) is 6.42 Å². The zero-order chi connectivity index (χ0) is 20.4. The fourth-order valence-electron chi connectivity index (χ4n) is 2.74. The highest BCUT2D eigenvalue weighted by Crippen LogP contribution is 2.14. The topological polar surface area (TPSA) is 148 Å². The van der Waals surface area contributed by atoms with Crippen molar-refractivity contribution in [2.45, 2.75) is 65.6 Å². The lowest BCUT2D eigenvalue weighted by atomic mass is 9.94. The summed E-state index contributed by atoms with van der Waals surface area (Å²) < 4.78 is 0. The molecule has 0 aromatic heterocycles. The lowest BCUT2D eigenvalue weighted by molar-refractivity contribution is -0.134. The van der Waals surface area contributed by atoms with Gasteiger partial charge in [-0.05, 0) is 31.7 Å². The van der Waals surface area contributed by atoms with E-state index in [4.69, 9.17) is 11.5 Å². The van der Waals surface area contributed by atoms with Crippen molar-refractivity contribution in [3.05, 3.63) is 0 Å². The first-order valence-electron chi connectivity index (χ1n) is 9.25.